The topological polar surface area (TPSA) is 66.5 Å². The first-order chi connectivity index (χ1) is 14.0. The van der Waals surface area contributed by atoms with Gasteiger partial charge in [-0.15, -0.1) is 0 Å². The van der Waals surface area contributed by atoms with Gasteiger partial charge in [-0.05, 0) is 81.0 Å². The zero-order chi connectivity index (χ0) is 20.2. The summed E-state index contributed by atoms with van der Waals surface area (Å²) < 4.78 is 0. The van der Waals surface area contributed by atoms with Gasteiger partial charge in [-0.25, -0.2) is 0 Å². The van der Waals surface area contributed by atoms with Crippen LogP contribution >= 0.6 is 0 Å². The number of carbonyl (C=O) groups excluding carboxylic acids is 3. The maximum Gasteiger partial charge on any atom is 0.233 e. The van der Waals surface area contributed by atoms with Crippen molar-refractivity contribution >= 4 is 17.7 Å². The second-order valence-electron chi connectivity index (χ2n) is 10.9. The molecule has 3 amide bonds. The number of hydrogen-bond acceptors (Lipinski definition) is 3. The van der Waals surface area contributed by atoms with Gasteiger partial charge in [0.15, 0.2) is 0 Å². The number of rotatable bonds is 6. The molecule has 6 rings (SSSR count). The van der Waals surface area contributed by atoms with E-state index in [4.69, 9.17) is 0 Å². The van der Waals surface area contributed by atoms with Gasteiger partial charge < -0.3 is 5.32 Å². The Hall–Kier alpha value is -1.39. The lowest BCUT2D eigenvalue weighted by molar-refractivity contribution is -0.140. The minimum absolute atomic E-state index is 0.0167. The van der Waals surface area contributed by atoms with E-state index < -0.39 is 0 Å². The molecule has 160 valence electrons. The number of amides is 3. The summed E-state index contributed by atoms with van der Waals surface area (Å²) in [7, 11) is 0. The molecule has 3 atom stereocenters. The predicted octanol–water partition coefficient (Wildman–Crippen LogP) is 3.66. The summed E-state index contributed by atoms with van der Waals surface area (Å²) in [4.78, 5) is 39.5. The van der Waals surface area contributed by atoms with Crippen LogP contribution in [0.5, 0.6) is 0 Å². The van der Waals surface area contributed by atoms with E-state index >= 15 is 0 Å². The van der Waals surface area contributed by atoms with E-state index in [0.717, 1.165) is 49.9 Å². The minimum atomic E-state index is -0.116. The molecule has 5 saturated carbocycles. The second-order valence-corrected chi connectivity index (χ2v) is 10.9. The van der Waals surface area contributed by atoms with E-state index in [-0.39, 0.29) is 48.6 Å². The fourth-order valence-electron chi connectivity index (χ4n) is 8.22. The van der Waals surface area contributed by atoms with Crippen molar-refractivity contribution in [3.05, 3.63) is 0 Å². The molecule has 1 saturated heterocycles. The van der Waals surface area contributed by atoms with E-state index in [2.05, 4.69) is 12.2 Å². The Balaban J connectivity index is 1.19. The highest BCUT2D eigenvalue weighted by Crippen LogP contribution is 2.61. The lowest BCUT2D eigenvalue weighted by Gasteiger charge is -2.59. The third kappa shape index (κ3) is 3.33. The zero-order valence-electron chi connectivity index (χ0n) is 17.8. The number of fused-ring (bicyclic) bond motifs is 1. The molecule has 1 N–H and O–H groups in total. The van der Waals surface area contributed by atoms with Crippen LogP contribution in [0, 0.1) is 35.0 Å². The standard InChI is InChI=1S/C24H36N2O3/c1-2-20(24-12-15-9-16(13-24)11-17(10-15)14-24)25-21(27)7-8-26-22(28)18-5-3-4-6-19(18)23(26)29/h15-20H,2-14H2,1H3,(H,25,27)/t15?,16?,17?,18-,19-,20+,24?/m1/s1. The molecule has 0 unspecified atom stereocenters. The molecular formula is C24H36N2O3. The van der Waals surface area contributed by atoms with Crippen molar-refractivity contribution in [2.24, 2.45) is 35.0 Å². The molecule has 0 aromatic heterocycles. The van der Waals surface area contributed by atoms with Crippen LogP contribution in [-0.2, 0) is 14.4 Å². The number of hydrogen-bond donors (Lipinski definition) is 1. The zero-order valence-corrected chi connectivity index (χ0v) is 17.8. The molecule has 1 aliphatic heterocycles. The van der Waals surface area contributed by atoms with Gasteiger partial charge in [0.2, 0.25) is 17.7 Å². The molecule has 1 heterocycles. The van der Waals surface area contributed by atoms with Gasteiger partial charge in [-0.2, -0.15) is 0 Å². The van der Waals surface area contributed by atoms with Crippen molar-refractivity contribution < 1.29 is 14.4 Å². The predicted molar refractivity (Wildman–Crippen MR) is 110 cm³/mol. The molecule has 4 bridgehead atoms. The Morgan fingerprint density at radius 3 is 2.00 bits per heavy atom. The number of nitrogens with one attached hydrogen (secondary N) is 1. The van der Waals surface area contributed by atoms with Crippen LogP contribution in [0.4, 0.5) is 0 Å². The van der Waals surface area contributed by atoms with Gasteiger partial charge in [-0.1, -0.05) is 19.8 Å². The second kappa shape index (κ2) is 7.39. The Morgan fingerprint density at radius 1 is 1.00 bits per heavy atom. The van der Waals surface area contributed by atoms with Crippen molar-refractivity contribution in [3.63, 3.8) is 0 Å². The van der Waals surface area contributed by atoms with Crippen molar-refractivity contribution in [2.45, 2.75) is 90.0 Å². The van der Waals surface area contributed by atoms with Crippen molar-refractivity contribution in [1.29, 1.82) is 0 Å². The van der Waals surface area contributed by atoms with E-state index in [1.807, 2.05) is 0 Å². The average Bonchev–Trinajstić information content (AvgIpc) is 2.94. The van der Waals surface area contributed by atoms with Gasteiger partial charge in [-0.3, -0.25) is 19.3 Å². The highest BCUT2D eigenvalue weighted by Gasteiger charge is 2.54. The van der Waals surface area contributed by atoms with Crippen LogP contribution < -0.4 is 5.32 Å². The molecule has 5 heteroatoms. The molecular weight excluding hydrogens is 364 g/mol. The number of likely N-dealkylation sites (tertiary alicyclic amines) is 1. The molecule has 5 nitrogen and oxygen atoms in total. The largest absolute Gasteiger partial charge is 0.353 e. The van der Waals surface area contributed by atoms with Gasteiger partial charge in [0, 0.05) is 19.0 Å². The lowest BCUT2D eigenvalue weighted by Crippen LogP contribution is -2.56. The number of nitrogens with zero attached hydrogens (tertiary/aromatic N) is 1. The molecule has 29 heavy (non-hydrogen) atoms. The van der Waals surface area contributed by atoms with Gasteiger partial charge in [0.05, 0.1) is 11.8 Å². The molecule has 6 fully saturated rings. The quantitative estimate of drug-likeness (QED) is 0.692. The maximum atomic E-state index is 12.8. The van der Waals surface area contributed by atoms with E-state index in [9.17, 15) is 14.4 Å². The van der Waals surface area contributed by atoms with Crippen LogP contribution in [0.3, 0.4) is 0 Å². The van der Waals surface area contributed by atoms with Gasteiger partial charge in [0.25, 0.3) is 0 Å². The summed E-state index contributed by atoms with van der Waals surface area (Å²) in [6.45, 7) is 2.45. The average molecular weight is 401 g/mol. The summed E-state index contributed by atoms with van der Waals surface area (Å²) in [5.74, 6) is 2.34. The Labute approximate surface area is 174 Å². The van der Waals surface area contributed by atoms with E-state index in [1.165, 1.54) is 43.4 Å². The lowest BCUT2D eigenvalue weighted by atomic mass is 9.47. The summed E-state index contributed by atoms with van der Waals surface area (Å²) >= 11 is 0. The van der Waals surface area contributed by atoms with Crippen molar-refractivity contribution in [2.75, 3.05) is 6.54 Å². The first kappa shape index (κ1) is 19.6. The fraction of sp³-hybridized carbons (Fsp3) is 0.875. The Bertz CT molecular complexity index is 643. The summed E-state index contributed by atoms with van der Waals surface area (Å²) in [6, 6.07) is 0.246. The summed E-state index contributed by atoms with van der Waals surface area (Å²) in [6.07, 6.45) is 13.0. The summed E-state index contributed by atoms with van der Waals surface area (Å²) in [5, 5.41) is 3.35. The van der Waals surface area contributed by atoms with Crippen molar-refractivity contribution in [3.8, 4) is 0 Å². The first-order valence-corrected chi connectivity index (χ1v) is 12.1. The molecule has 5 aliphatic carbocycles. The molecule has 0 spiro atoms. The first-order valence-electron chi connectivity index (χ1n) is 12.1. The summed E-state index contributed by atoms with van der Waals surface area (Å²) in [5.41, 5.74) is 0.299. The molecule has 0 aromatic rings. The Morgan fingerprint density at radius 2 is 1.52 bits per heavy atom. The van der Waals surface area contributed by atoms with Crippen molar-refractivity contribution in [1.82, 2.24) is 10.2 Å². The van der Waals surface area contributed by atoms with Gasteiger partial charge >= 0.3 is 0 Å². The van der Waals surface area contributed by atoms with Crippen LogP contribution in [0.2, 0.25) is 0 Å². The minimum Gasteiger partial charge on any atom is -0.353 e. The maximum absolute atomic E-state index is 12.8. The van der Waals surface area contributed by atoms with Crippen LogP contribution in [-0.4, -0.2) is 35.2 Å². The van der Waals surface area contributed by atoms with Gasteiger partial charge in [0.1, 0.15) is 0 Å². The SMILES string of the molecule is CC[C@H](NC(=O)CCN1C(=O)[C@@H]2CCCC[C@H]2C1=O)C12CC3CC(CC(C3)C1)C2. The molecule has 0 radical (unpaired) electrons. The third-order valence-corrected chi connectivity index (χ3v) is 9.06. The highest BCUT2D eigenvalue weighted by molar-refractivity contribution is 6.05. The van der Waals surface area contributed by atoms with Crippen LogP contribution in [0.25, 0.3) is 0 Å². The van der Waals surface area contributed by atoms with E-state index in [0.29, 0.717) is 5.41 Å². The smallest absolute Gasteiger partial charge is 0.233 e. The highest BCUT2D eigenvalue weighted by atomic mass is 16.2. The molecule has 6 aliphatic rings. The van der Waals surface area contributed by atoms with E-state index in [1.54, 1.807) is 0 Å². The monoisotopic (exact) mass is 400 g/mol. The number of imide groups is 1. The van der Waals surface area contributed by atoms with Crippen LogP contribution in [0.15, 0.2) is 0 Å². The normalized spacial score (nSPS) is 41.6. The van der Waals surface area contributed by atoms with Crippen LogP contribution in [0.1, 0.15) is 84.0 Å². The third-order valence-electron chi connectivity index (χ3n) is 9.06. The number of carbonyl (C=O) groups is 3. The Kier molecular flexibility index (Phi) is 4.98. The molecule has 0 aromatic carbocycles. The fourth-order valence-corrected chi connectivity index (χ4v) is 8.22.